The molecule has 0 saturated carbocycles. The summed E-state index contributed by atoms with van der Waals surface area (Å²) in [6.07, 6.45) is -3.44. The topological polar surface area (TPSA) is 39.1 Å². The standard InChI is InChI=1S/C11H17BrF3N3O/c1-3-8-10(12)9(18(2)17-8)6-16-4-5-19-7-11(13,14)15/h16H,3-7H2,1-2H3. The van der Waals surface area contributed by atoms with Gasteiger partial charge in [-0.15, -0.1) is 0 Å². The highest BCUT2D eigenvalue weighted by Gasteiger charge is 2.27. The lowest BCUT2D eigenvalue weighted by molar-refractivity contribution is -0.173. The molecule has 1 rings (SSSR count). The molecule has 0 aliphatic carbocycles. The molecular formula is C11H17BrF3N3O. The van der Waals surface area contributed by atoms with Gasteiger partial charge in [-0.2, -0.15) is 18.3 Å². The van der Waals surface area contributed by atoms with Crippen LogP contribution in [0.4, 0.5) is 13.2 Å². The van der Waals surface area contributed by atoms with Crippen LogP contribution >= 0.6 is 15.9 Å². The van der Waals surface area contributed by atoms with Crippen molar-refractivity contribution in [2.75, 3.05) is 19.8 Å². The molecule has 0 radical (unpaired) electrons. The van der Waals surface area contributed by atoms with Gasteiger partial charge in [-0.3, -0.25) is 4.68 Å². The number of aromatic nitrogens is 2. The monoisotopic (exact) mass is 343 g/mol. The third-order valence-electron chi connectivity index (χ3n) is 2.48. The van der Waals surface area contributed by atoms with Crippen molar-refractivity contribution in [3.63, 3.8) is 0 Å². The molecule has 19 heavy (non-hydrogen) atoms. The van der Waals surface area contributed by atoms with Crippen molar-refractivity contribution in [3.05, 3.63) is 15.9 Å². The minimum absolute atomic E-state index is 0.0234. The Labute approximate surface area is 118 Å². The molecule has 1 N–H and O–H groups in total. The molecule has 4 nitrogen and oxygen atoms in total. The summed E-state index contributed by atoms with van der Waals surface area (Å²) in [7, 11) is 1.83. The zero-order chi connectivity index (χ0) is 14.5. The van der Waals surface area contributed by atoms with E-state index in [0.717, 1.165) is 22.3 Å². The van der Waals surface area contributed by atoms with Crippen LogP contribution in [0, 0.1) is 0 Å². The van der Waals surface area contributed by atoms with Crippen LogP contribution in [-0.4, -0.2) is 35.7 Å². The first-order valence-electron chi connectivity index (χ1n) is 5.90. The highest BCUT2D eigenvalue weighted by molar-refractivity contribution is 9.10. The summed E-state index contributed by atoms with van der Waals surface area (Å²) in [5, 5.41) is 7.35. The van der Waals surface area contributed by atoms with Gasteiger partial charge < -0.3 is 10.1 Å². The van der Waals surface area contributed by atoms with Crippen LogP contribution in [0.1, 0.15) is 18.3 Å². The van der Waals surface area contributed by atoms with Crippen molar-refractivity contribution in [2.24, 2.45) is 7.05 Å². The van der Waals surface area contributed by atoms with Crippen LogP contribution in [0.3, 0.4) is 0 Å². The Bertz CT molecular complexity index is 407. The molecule has 0 fully saturated rings. The summed E-state index contributed by atoms with van der Waals surface area (Å²) in [5.74, 6) is 0. The molecule has 0 atom stereocenters. The first-order valence-corrected chi connectivity index (χ1v) is 6.70. The van der Waals surface area contributed by atoms with Gasteiger partial charge in [-0.1, -0.05) is 6.92 Å². The predicted molar refractivity (Wildman–Crippen MR) is 68.9 cm³/mol. The maximum Gasteiger partial charge on any atom is 0.411 e. The van der Waals surface area contributed by atoms with Crippen molar-refractivity contribution in [1.82, 2.24) is 15.1 Å². The average Bonchev–Trinajstić information content (AvgIpc) is 2.58. The van der Waals surface area contributed by atoms with E-state index < -0.39 is 12.8 Å². The van der Waals surface area contributed by atoms with Gasteiger partial charge in [0.25, 0.3) is 0 Å². The Morgan fingerprint density at radius 3 is 2.63 bits per heavy atom. The van der Waals surface area contributed by atoms with E-state index in [2.05, 4.69) is 31.1 Å². The zero-order valence-corrected chi connectivity index (χ0v) is 12.4. The zero-order valence-electron chi connectivity index (χ0n) is 10.9. The van der Waals surface area contributed by atoms with E-state index in [4.69, 9.17) is 0 Å². The maximum atomic E-state index is 11.8. The number of nitrogens with zero attached hydrogens (tertiary/aromatic N) is 2. The Balaban J connectivity index is 2.28. The summed E-state index contributed by atoms with van der Waals surface area (Å²) in [5.41, 5.74) is 1.93. The molecule has 0 bridgehead atoms. The fraction of sp³-hybridized carbons (Fsp3) is 0.727. The van der Waals surface area contributed by atoms with Crippen molar-refractivity contribution in [2.45, 2.75) is 26.1 Å². The molecule has 0 aliphatic heterocycles. The summed E-state index contributed by atoms with van der Waals surface area (Å²) in [6.45, 7) is 1.71. The Kier molecular flexibility index (Phi) is 6.28. The number of alkyl halides is 3. The van der Waals surface area contributed by atoms with E-state index in [1.807, 2.05) is 14.0 Å². The Hall–Kier alpha value is -0.600. The van der Waals surface area contributed by atoms with E-state index in [-0.39, 0.29) is 6.61 Å². The molecule has 1 aromatic rings. The summed E-state index contributed by atoms with van der Waals surface area (Å²) in [6, 6.07) is 0. The van der Waals surface area contributed by atoms with Gasteiger partial charge in [0.1, 0.15) is 6.61 Å². The predicted octanol–water partition coefficient (Wildman–Crippen LogP) is 2.41. The second-order valence-corrected chi connectivity index (χ2v) is 4.82. The van der Waals surface area contributed by atoms with E-state index >= 15 is 0 Å². The number of hydrogen-bond donors (Lipinski definition) is 1. The maximum absolute atomic E-state index is 11.8. The third-order valence-corrected chi connectivity index (χ3v) is 3.40. The highest BCUT2D eigenvalue weighted by atomic mass is 79.9. The lowest BCUT2D eigenvalue weighted by Crippen LogP contribution is -2.24. The summed E-state index contributed by atoms with van der Waals surface area (Å²) in [4.78, 5) is 0. The molecule has 1 heterocycles. The van der Waals surface area contributed by atoms with Crippen molar-refractivity contribution < 1.29 is 17.9 Å². The highest BCUT2D eigenvalue weighted by Crippen LogP contribution is 2.21. The van der Waals surface area contributed by atoms with Gasteiger partial charge >= 0.3 is 6.18 Å². The van der Waals surface area contributed by atoms with Crippen LogP contribution in [-0.2, 0) is 24.8 Å². The first kappa shape index (κ1) is 16.5. The summed E-state index contributed by atoms with van der Waals surface area (Å²) >= 11 is 3.47. The van der Waals surface area contributed by atoms with E-state index in [0.29, 0.717) is 13.1 Å². The fourth-order valence-corrected chi connectivity index (χ4v) is 2.31. The SMILES string of the molecule is CCc1nn(C)c(CNCCOCC(F)(F)F)c1Br. The number of halogens is 4. The van der Waals surface area contributed by atoms with Gasteiger partial charge in [0, 0.05) is 20.1 Å². The molecule has 0 aliphatic rings. The van der Waals surface area contributed by atoms with E-state index in [1.54, 1.807) is 4.68 Å². The Morgan fingerprint density at radius 2 is 2.11 bits per heavy atom. The number of rotatable bonds is 7. The first-order chi connectivity index (χ1) is 8.85. The molecule has 0 spiro atoms. The van der Waals surface area contributed by atoms with Crippen LogP contribution in [0.5, 0.6) is 0 Å². The number of hydrogen-bond acceptors (Lipinski definition) is 3. The number of aryl methyl sites for hydroxylation is 2. The average molecular weight is 344 g/mol. The summed E-state index contributed by atoms with van der Waals surface area (Å²) < 4.78 is 42.6. The molecule has 1 aromatic heterocycles. The van der Waals surface area contributed by atoms with Crippen LogP contribution < -0.4 is 5.32 Å². The lowest BCUT2D eigenvalue weighted by atomic mass is 10.3. The smallest absolute Gasteiger partial charge is 0.371 e. The molecule has 0 aromatic carbocycles. The van der Waals surface area contributed by atoms with Gasteiger partial charge in [-0.05, 0) is 22.4 Å². The van der Waals surface area contributed by atoms with E-state index in [1.165, 1.54) is 0 Å². The lowest BCUT2D eigenvalue weighted by Gasteiger charge is -2.08. The van der Waals surface area contributed by atoms with Gasteiger partial charge in [0.05, 0.1) is 22.5 Å². The van der Waals surface area contributed by atoms with Crippen molar-refractivity contribution in [1.29, 1.82) is 0 Å². The second kappa shape index (κ2) is 7.25. The van der Waals surface area contributed by atoms with Gasteiger partial charge in [0.2, 0.25) is 0 Å². The van der Waals surface area contributed by atoms with Crippen LogP contribution in [0.15, 0.2) is 4.47 Å². The van der Waals surface area contributed by atoms with Crippen LogP contribution in [0.25, 0.3) is 0 Å². The number of ether oxygens (including phenoxy) is 1. The second-order valence-electron chi connectivity index (χ2n) is 4.03. The third kappa shape index (κ3) is 5.50. The molecule has 0 unspecified atom stereocenters. The normalized spacial score (nSPS) is 12.1. The van der Waals surface area contributed by atoms with Crippen LogP contribution in [0.2, 0.25) is 0 Å². The minimum Gasteiger partial charge on any atom is -0.371 e. The van der Waals surface area contributed by atoms with Gasteiger partial charge in [0.15, 0.2) is 0 Å². The molecule has 0 saturated heterocycles. The Morgan fingerprint density at radius 1 is 1.42 bits per heavy atom. The molecule has 8 heteroatoms. The largest absolute Gasteiger partial charge is 0.411 e. The minimum atomic E-state index is -4.26. The number of nitrogens with one attached hydrogen (secondary N) is 1. The molecule has 0 amide bonds. The fourth-order valence-electron chi connectivity index (χ4n) is 1.55. The molecule has 110 valence electrons. The van der Waals surface area contributed by atoms with E-state index in [9.17, 15) is 13.2 Å². The quantitative estimate of drug-likeness (QED) is 0.773. The van der Waals surface area contributed by atoms with Crippen molar-refractivity contribution in [3.8, 4) is 0 Å². The van der Waals surface area contributed by atoms with Gasteiger partial charge in [-0.25, -0.2) is 0 Å². The van der Waals surface area contributed by atoms with Crippen molar-refractivity contribution >= 4 is 15.9 Å². The molecular weight excluding hydrogens is 327 g/mol.